The molecule has 0 saturated carbocycles. The van der Waals surface area contributed by atoms with Crippen LogP contribution in [-0.2, 0) is 75.7 Å². The Morgan fingerprint density at radius 1 is 0.508 bits per heavy atom. The summed E-state index contributed by atoms with van der Waals surface area (Å²) in [7, 11) is 0. The van der Waals surface area contributed by atoms with Crippen LogP contribution in [0.2, 0.25) is 0 Å². The molecule has 0 aliphatic carbocycles. The molecule has 0 aromatic heterocycles. The minimum absolute atomic E-state index is 0.0664. The third-order valence-corrected chi connectivity index (χ3v) is 10.6. The minimum atomic E-state index is -1.56. The van der Waals surface area contributed by atoms with E-state index in [0.29, 0.717) is 6.61 Å². The fourth-order valence-electron chi connectivity index (χ4n) is 7.51. The predicted octanol–water partition coefficient (Wildman–Crippen LogP) is 5.87. The summed E-state index contributed by atoms with van der Waals surface area (Å²) in [5, 5.41) is 25.7. The van der Waals surface area contributed by atoms with Gasteiger partial charge >= 0.3 is 0 Å². The first kappa shape index (κ1) is 44.2. The van der Waals surface area contributed by atoms with E-state index in [9.17, 15) is 15.0 Å². The molecule has 7 rings (SSSR count). The quantitative estimate of drug-likeness (QED) is 0.0867. The zero-order valence-electron chi connectivity index (χ0n) is 34.2. The van der Waals surface area contributed by atoms with Crippen LogP contribution < -0.4 is 5.32 Å². The summed E-state index contributed by atoms with van der Waals surface area (Å²) in [6, 6.07) is 47.6. The minimum Gasteiger partial charge on any atom is -0.388 e. The van der Waals surface area contributed by atoms with Gasteiger partial charge in [0.1, 0.15) is 48.8 Å². The molecule has 12 nitrogen and oxygen atoms in total. The normalized spacial score (nSPS) is 26.4. The summed E-state index contributed by atoms with van der Waals surface area (Å²) in [5.74, 6) is -0.467. The van der Waals surface area contributed by atoms with Crippen molar-refractivity contribution in [3.63, 3.8) is 0 Å². The van der Waals surface area contributed by atoms with Gasteiger partial charge in [-0.1, -0.05) is 152 Å². The monoisotopic (exact) mass is 833 g/mol. The van der Waals surface area contributed by atoms with Crippen LogP contribution in [0.3, 0.4) is 0 Å². The van der Waals surface area contributed by atoms with Crippen molar-refractivity contribution >= 4 is 5.91 Å². The molecule has 322 valence electrons. The second kappa shape index (κ2) is 22.9. The highest BCUT2D eigenvalue weighted by Gasteiger charge is 2.53. The maximum absolute atomic E-state index is 12.3. The topological polar surface area (TPSA) is 143 Å². The molecule has 2 heterocycles. The van der Waals surface area contributed by atoms with E-state index in [1.54, 1.807) is 0 Å². The summed E-state index contributed by atoms with van der Waals surface area (Å²) in [6.07, 6.45) is -9.65. The van der Waals surface area contributed by atoms with Crippen LogP contribution in [-0.4, -0.2) is 90.7 Å². The van der Waals surface area contributed by atoms with Crippen LogP contribution in [0.4, 0.5) is 0 Å². The van der Waals surface area contributed by atoms with E-state index >= 15 is 0 Å². The number of ether oxygens (including phenoxy) is 8. The van der Waals surface area contributed by atoms with E-state index in [-0.39, 0.29) is 39.6 Å². The summed E-state index contributed by atoms with van der Waals surface area (Å²) >= 11 is 0. The van der Waals surface area contributed by atoms with E-state index in [4.69, 9.17) is 37.9 Å². The maximum atomic E-state index is 12.3. The van der Waals surface area contributed by atoms with Gasteiger partial charge in [0, 0.05) is 6.92 Å². The number of amides is 1. The van der Waals surface area contributed by atoms with E-state index < -0.39 is 67.3 Å². The SMILES string of the molecule is CC(=O)N[C@@H]1[C@@H](O)[C@H](O[C@H]2O[C@H](COCc3ccccc3)[C@@H](OCc3ccccc3)[C@H](OCc3ccccc3)[C@H]2OCc2ccccc2)[C@@H](COCc2ccccc2)O[C@@H]1O. The van der Waals surface area contributed by atoms with Crippen LogP contribution >= 0.6 is 0 Å². The van der Waals surface area contributed by atoms with Gasteiger partial charge < -0.3 is 53.4 Å². The summed E-state index contributed by atoms with van der Waals surface area (Å²) in [4.78, 5) is 12.3. The maximum Gasteiger partial charge on any atom is 0.217 e. The lowest BCUT2D eigenvalue weighted by atomic mass is 9.95. The van der Waals surface area contributed by atoms with Crippen molar-refractivity contribution in [2.45, 2.75) is 101 Å². The van der Waals surface area contributed by atoms with Gasteiger partial charge in [-0.2, -0.15) is 0 Å². The zero-order valence-corrected chi connectivity index (χ0v) is 34.2. The number of nitrogens with one attached hydrogen (secondary N) is 1. The lowest BCUT2D eigenvalue weighted by molar-refractivity contribution is -0.361. The van der Waals surface area contributed by atoms with Gasteiger partial charge in [-0.05, 0) is 27.8 Å². The molecule has 3 N–H and O–H groups in total. The van der Waals surface area contributed by atoms with Gasteiger partial charge in [-0.3, -0.25) is 4.79 Å². The molecule has 5 aromatic carbocycles. The van der Waals surface area contributed by atoms with Crippen LogP contribution in [0.25, 0.3) is 0 Å². The molecule has 1 amide bonds. The zero-order chi connectivity index (χ0) is 42.2. The third kappa shape index (κ3) is 12.9. The van der Waals surface area contributed by atoms with E-state index in [2.05, 4.69) is 5.32 Å². The standard InChI is InChI=1S/C49H55NO11/c1-34(51)50-42-43(52)44(40(59-48(42)53)32-54-27-35-17-7-2-8-18-35)61-49-47(58-31-39-25-15-6-16-26-39)46(57-30-38-23-13-5-14-24-38)45(56-29-37-21-11-4-12-22-37)41(60-49)33-55-28-36-19-9-3-10-20-36/h2-26,40-49,52-53H,27-33H2,1H3,(H,50,51)/t40-,41-,42-,43-,44-,45-,46+,47-,48+,49-/m1/s1. The lowest BCUT2D eigenvalue weighted by Gasteiger charge is -2.49. The van der Waals surface area contributed by atoms with Crippen LogP contribution in [0, 0.1) is 0 Å². The number of rotatable bonds is 20. The van der Waals surface area contributed by atoms with Gasteiger partial charge in [0.15, 0.2) is 12.6 Å². The molecule has 0 unspecified atom stereocenters. The van der Waals surface area contributed by atoms with E-state index in [1.807, 2.05) is 152 Å². The van der Waals surface area contributed by atoms with Crippen molar-refractivity contribution in [2.24, 2.45) is 0 Å². The van der Waals surface area contributed by atoms with Crippen molar-refractivity contribution in [2.75, 3.05) is 13.2 Å². The predicted molar refractivity (Wildman–Crippen MR) is 225 cm³/mol. The first-order chi connectivity index (χ1) is 29.9. The lowest BCUT2D eigenvalue weighted by Crippen LogP contribution is -2.67. The van der Waals surface area contributed by atoms with Crippen LogP contribution in [0.15, 0.2) is 152 Å². The van der Waals surface area contributed by atoms with Gasteiger partial charge in [-0.25, -0.2) is 0 Å². The first-order valence-corrected chi connectivity index (χ1v) is 20.7. The molecular weight excluding hydrogens is 779 g/mol. The van der Waals surface area contributed by atoms with Crippen molar-refractivity contribution in [3.8, 4) is 0 Å². The second-order valence-corrected chi connectivity index (χ2v) is 15.2. The molecule has 2 saturated heterocycles. The molecule has 2 aliphatic heterocycles. The van der Waals surface area contributed by atoms with Gasteiger partial charge in [0.05, 0.1) is 46.2 Å². The molecule has 10 atom stereocenters. The number of aliphatic hydroxyl groups is 2. The van der Waals surface area contributed by atoms with Gasteiger partial charge in [0.2, 0.25) is 5.91 Å². The highest BCUT2D eigenvalue weighted by molar-refractivity contribution is 5.73. The number of carbonyl (C=O) groups excluding carboxylic acids is 1. The number of carbonyl (C=O) groups is 1. The molecule has 0 bridgehead atoms. The second-order valence-electron chi connectivity index (χ2n) is 15.2. The van der Waals surface area contributed by atoms with E-state index in [1.165, 1.54) is 6.92 Å². The van der Waals surface area contributed by atoms with Crippen molar-refractivity contribution < 1.29 is 52.9 Å². The number of hydrogen-bond donors (Lipinski definition) is 3. The Morgan fingerprint density at radius 3 is 1.31 bits per heavy atom. The van der Waals surface area contributed by atoms with E-state index in [0.717, 1.165) is 27.8 Å². The summed E-state index contributed by atoms with van der Waals surface area (Å²) in [5.41, 5.74) is 4.70. The fraction of sp³-hybridized carbons (Fsp3) is 0.367. The average molecular weight is 834 g/mol. The summed E-state index contributed by atoms with van der Waals surface area (Å²) < 4.78 is 52.7. The fourth-order valence-corrected chi connectivity index (χ4v) is 7.51. The average Bonchev–Trinajstić information content (AvgIpc) is 3.29. The Balaban J connectivity index is 1.23. The van der Waals surface area contributed by atoms with Crippen LogP contribution in [0.5, 0.6) is 0 Å². The van der Waals surface area contributed by atoms with Crippen molar-refractivity contribution in [1.29, 1.82) is 0 Å². The Hall–Kier alpha value is -4.83. The summed E-state index contributed by atoms with van der Waals surface area (Å²) in [6.45, 7) is 2.51. The van der Waals surface area contributed by atoms with Crippen molar-refractivity contribution in [3.05, 3.63) is 179 Å². The molecule has 61 heavy (non-hydrogen) atoms. The molecule has 0 radical (unpaired) electrons. The third-order valence-electron chi connectivity index (χ3n) is 10.6. The largest absolute Gasteiger partial charge is 0.388 e. The first-order valence-electron chi connectivity index (χ1n) is 20.7. The molecular formula is C49H55NO11. The smallest absolute Gasteiger partial charge is 0.217 e. The number of aliphatic hydroxyl groups excluding tert-OH is 2. The molecule has 0 spiro atoms. The molecule has 5 aromatic rings. The van der Waals surface area contributed by atoms with Crippen molar-refractivity contribution in [1.82, 2.24) is 5.32 Å². The number of hydrogen-bond acceptors (Lipinski definition) is 11. The van der Waals surface area contributed by atoms with Gasteiger partial charge in [0.25, 0.3) is 0 Å². The Labute approximate surface area is 357 Å². The number of benzene rings is 5. The molecule has 12 heteroatoms. The highest BCUT2D eigenvalue weighted by atomic mass is 16.7. The molecule has 2 fully saturated rings. The Kier molecular flexibility index (Phi) is 16.6. The van der Waals surface area contributed by atoms with Gasteiger partial charge in [-0.15, -0.1) is 0 Å². The Morgan fingerprint density at radius 2 is 0.885 bits per heavy atom. The molecule has 2 aliphatic rings. The highest BCUT2D eigenvalue weighted by Crippen LogP contribution is 2.34. The van der Waals surface area contributed by atoms with Crippen LogP contribution in [0.1, 0.15) is 34.7 Å². The Bertz CT molecular complexity index is 2000.